The van der Waals surface area contributed by atoms with Crippen molar-refractivity contribution in [3.05, 3.63) is 17.5 Å². The zero-order valence-electron chi connectivity index (χ0n) is 7.66. The highest BCUT2D eigenvalue weighted by atomic mass is 79.9. The second kappa shape index (κ2) is 3.80. The first-order valence-corrected chi connectivity index (χ1v) is 5.61. The van der Waals surface area contributed by atoms with Crippen molar-refractivity contribution in [1.29, 1.82) is 0 Å². The molecule has 1 aromatic rings. The summed E-state index contributed by atoms with van der Waals surface area (Å²) in [6.45, 7) is 3.72. The smallest absolute Gasteiger partial charge is 0.0774 e. The average Bonchev–Trinajstić information content (AvgIpc) is 2.71. The lowest BCUT2D eigenvalue weighted by molar-refractivity contribution is 0.184. The van der Waals surface area contributed by atoms with Crippen LogP contribution in [-0.2, 0) is 10.1 Å². The largest absolute Gasteiger partial charge is 0.379 e. The van der Waals surface area contributed by atoms with Crippen LogP contribution in [0, 0.1) is 6.92 Å². The van der Waals surface area contributed by atoms with Crippen LogP contribution in [0.15, 0.2) is 6.20 Å². The summed E-state index contributed by atoms with van der Waals surface area (Å²) in [5.41, 5.74) is 2.38. The molecule has 0 amide bonds. The number of aromatic nitrogens is 2. The van der Waals surface area contributed by atoms with Crippen LogP contribution in [0.2, 0.25) is 0 Å². The van der Waals surface area contributed by atoms with Crippen LogP contribution >= 0.6 is 15.9 Å². The summed E-state index contributed by atoms with van der Waals surface area (Å²) in [6.07, 6.45) is 3.20. The minimum Gasteiger partial charge on any atom is -0.379 e. The maximum atomic E-state index is 5.32. The first-order chi connectivity index (χ1) is 6.31. The molecule has 0 aliphatic carbocycles. The molecule has 0 aromatic carbocycles. The number of ether oxygens (including phenoxy) is 1. The molecule has 72 valence electrons. The number of alkyl halides is 1. The molecule has 3 nitrogen and oxygen atoms in total. The molecule has 1 fully saturated rings. The van der Waals surface area contributed by atoms with E-state index in [1.165, 1.54) is 5.56 Å². The molecule has 0 saturated carbocycles. The Morgan fingerprint density at radius 3 is 3.15 bits per heavy atom. The normalized spacial score (nSPS) is 22.5. The summed E-state index contributed by atoms with van der Waals surface area (Å²) in [7, 11) is 0. The van der Waals surface area contributed by atoms with Crippen molar-refractivity contribution in [1.82, 2.24) is 9.78 Å². The quantitative estimate of drug-likeness (QED) is 0.745. The summed E-state index contributed by atoms with van der Waals surface area (Å²) >= 11 is 3.45. The second-order valence-corrected chi connectivity index (χ2v) is 3.93. The molecule has 13 heavy (non-hydrogen) atoms. The van der Waals surface area contributed by atoms with E-state index >= 15 is 0 Å². The summed E-state index contributed by atoms with van der Waals surface area (Å²) < 4.78 is 7.36. The van der Waals surface area contributed by atoms with Gasteiger partial charge in [-0.3, -0.25) is 4.68 Å². The Hall–Kier alpha value is -0.350. The molecule has 0 N–H and O–H groups in total. The zero-order chi connectivity index (χ0) is 9.26. The fraction of sp³-hybridized carbons (Fsp3) is 0.667. The zero-order valence-corrected chi connectivity index (χ0v) is 9.25. The summed E-state index contributed by atoms with van der Waals surface area (Å²) in [5, 5.41) is 5.35. The molecule has 1 saturated heterocycles. The van der Waals surface area contributed by atoms with Crippen molar-refractivity contribution in [2.75, 3.05) is 13.2 Å². The Morgan fingerprint density at radius 1 is 1.77 bits per heavy atom. The molecule has 4 heteroatoms. The number of hydrogen-bond donors (Lipinski definition) is 0. The molecule has 0 bridgehead atoms. The first kappa shape index (κ1) is 9.21. The van der Waals surface area contributed by atoms with Crippen molar-refractivity contribution in [3.63, 3.8) is 0 Å². The maximum absolute atomic E-state index is 5.32. The summed E-state index contributed by atoms with van der Waals surface area (Å²) in [5.74, 6) is 0. The third kappa shape index (κ3) is 1.79. The van der Waals surface area contributed by atoms with Gasteiger partial charge in [-0.25, -0.2) is 0 Å². The van der Waals surface area contributed by atoms with Gasteiger partial charge in [0.05, 0.1) is 18.3 Å². The highest BCUT2D eigenvalue weighted by Crippen LogP contribution is 2.20. The Morgan fingerprint density at radius 2 is 2.62 bits per heavy atom. The van der Waals surface area contributed by atoms with Gasteiger partial charge in [0, 0.05) is 23.7 Å². The molecule has 2 heterocycles. The van der Waals surface area contributed by atoms with Crippen molar-refractivity contribution in [2.45, 2.75) is 24.7 Å². The van der Waals surface area contributed by atoms with Crippen molar-refractivity contribution in [3.8, 4) is 0 Å². The second-order valence-electron chi connectivity index (χ2n) is 3.37. The molecule has 1 atom stereocenters. The van der Waals surface area contributed by atoms with E-state index in [9.17, 15) is 0 Å². The van der Waals surface area contributed by atoms with E-state index in [2.05, 4.69) is 27.2 Å². The van der Waals surface area contributed by atoms with Gasteiger partial charge in [0.2, 0.25) is 0 Å². The molecule has 0 spiro atoms. The maximum Gasteiger partial charge on any atom is 0.0774 e. The van der Waals surface area contributed by atoms with E-state index in [0.29, 0.717) is 6.04 Å². The lowest BCUT2D eigenvalue weighted by Crippen LogP contribution is -2.08. The highest BCUT2D eigenvalue weighted by Gasteiger charge is 2.18. The SMILES string of the molecule is Cc1nn(C2CCOC2)cc1CBr. The van der Waals surface area contributed by atoms with E-state index in [-0.39, 0.29) is 0 Å². The standard InChI is InChI=1S/C9H13BrN2O/c1-7-8(4-10)5-12(11-7)9-2-3-13-6-9/h5,9H,2-4,6H2,1H3. The van der Waals surface area contributed by atoms with Gasteiger partial charge in [-0.1, -0.05) is 15.9 Å². The van der Waals surface area contributed by atoms with Gasteiger partial charge in [0.25, 0.3) is 0 Å². The Kier molecular flexibility index (Phi) is 2.69. The fourth-order valence-electron chi connectivity index (χ4n) is 1.57. The summed E-state index contributed by atoms with van der Waals surface area (Å²) in [4.78, 5) is 0. The fourth-order valence-corrected chi connectivity index (χ4v) is 2.12. The Bertz CT molecular complexity index is 292. The van der Waals surface area contributed by atoms with Gasteiger partial charge >= 0.3 is 0 Å². The minimum absolute atomic E-state index is 0.450. The highest BCUT2D eigenvalue weighted by molar-refractivity contribution is 9.08. The van der Waals surface area contributed by atoms with E-state index in [4.69, 9.17) is 4.74 Å². The van der Waals surface area contributed by atoms with Gasteiger partial charge in [0.15, 0.2) is 0 Å². The van der Waals surface area contributed by atoms with Gasteiger partial charge in [-0.2, -0.15) is 5.10 Å². The molecule has 1 aromatic heterocycles. The topological polar surface area (TPSA) is 27.1 Å². The van der Waals surface area contributed by atoms with E-state index < -0.39 is 0 Å². The molecule has 1 unspecified atom stereocenters. The number of hydrogen-bond acceptors (Lipinski definition) is 2. The van der Waals surface area contributed by atoms with Crippen LogP contribution in [0.1, 0.15) is 23.7 Å². The van der Waals surface area contributed by atoms with Gasteiger partial charge in [-0.05, 0) is 13.3 Å². The number of nitrogens with zero attached hydrogens (tertiary/aromatic N) is 2. The predicted molar refractivity (Wildman–Crippen MR) is 54.1 cm³/mol. The number of rotatable bonds is 2. The van der Waals surface area contributed by atoms with Crippen LogP contribution in [-0.4, -0.2) is 23.0 Å². The molecular weight excluding hydrogens is 232 g/mol. The average molecular weight is 245 g/mol. The molecule has 1 aliphatic rings. The lowest BCUT2D eigenvalue weighted by atomic mass is 10.2. The first-order valence-electron chi connectivity index (χ1n) is 4.49. The third-order valence-corrected chi connectivity index (χ3v) is 3.05. The Balaban J connectivity index is 2.20. The molecule has 0 radical (unpaired) electrons. The van der Waals surface area contributed by atoms with Crippen LogP contribution in [0.5, 0.6) is 0 Å². The van der Waals surface area contributed by atoms with Crippen LogP contribution in [0.25, 0.3) is 0 Å². The predicted octanol–water partition coefficient (Wildman–Crippen LogP) is 2.05. The van der Waals surface area contributed by atoms with Gasteiger partial charge < -0.3 is 4.74 Å². The van der Waals surface area contributed by atoms with Crippen molar-refractivity contribution >= 4 is 15.9 Å². The molecular formula is C9H13BrN2O. The number of halogens is 1. The minimum atomic E-state index is 0.450. The monoisotopic (exact) mass is 244 g/mol. The van der Waals surface area contributed by atoms with Crippen molar-refractivity contribution in [2.24, 2.45) is 0 Å². The molecule has 1 aliphatic heterocycles. The Labute approximate surface area is 86.2 Å². The van der Waals surface area contributed by atoms with Crippen LogP contribution in [0.4, 0.5) is 0 Å². The van der Waals surface area contributed by atoms with Crippen molar-refractivity contribution < 1.29 is 4.74 Å². The van der Waals surface area contributed by atoms with E-state index in [1.54, 1.807) is 0 Å². The van der Waals surface area contributed by atoms with E-state index in [1.807, 2.05) is 11.6 Å². The number of aryl methyl sites for hydroxylation is 1. The summed E-state index contributed by atoms with van der Waals surface area (Å²) in [6, 6.07) is 0.450. The van der Waals surface area contributed by atoms with Crippen LogP contribution < -0.4 is 0 Å². The third-order valence-electron chi connectivity index (χ3n) is 2.44. The van der Waals surface area contributed by atoms with Gasteiger partial charge in [0.1, 0.15) is 0 Å². The molecule has 2 rings (SSSR count). The van der Waals surface area contributed by atoms with E-state index in [0.717, 1.165) is 30.7 Å². The van der Waals surface area contributed by atoms with Crippen LogP contribution in [0.3, 0.4) is 0 Å². The van der Waals surface area contributed by atoms with Gasteiger partial charge in [-0.15, -0.1) is 0 Å². The lowest BCUT2D eigenvalue weighted by Gasteiger charge is -2.06.